The predicted molar refractivity (Wildman–Crippen MR) is 84.1 cm³/mol. The average molecular weight is 342 g/mol. The van der Waals surface area contributed by atoms with Crippen LogP contribution >= 0.6 is 15.9 Å². The van der Waals surface area contributed by atoms with Crippen LogP contribution in [0.15, 0.2) is 59.3 Å². The van der Waals surface area contributed by atoms with E-state index in [1.165, 1.54) is 0 Å². The molecule has 0 saturated carbocycles. The lowest BCUT2D eigenvalue weighted by molar-refractivity contribution is 0.112. The summed E-state index contributed by atoms with van der Waals surface area (Å²) < 4.78 is 2.78. The molecule has 0 saturated heterocycles. The summed E-state index contributed by atoms with van der Waals surface area (Å²) in [6, 6.07) is 13.6. The van der Waals surface area contributed by atoms with Crippen molar-refractivity contribution in [2.75, 3.05) is 0 Å². The average Bonchev–Trinajstić information content (AvgIpc) is 2.91. The van der Waals surface area contributed by atoms with Crippen molar-refractivity contribution in [2.24, 2.45) is 0 Å². The minimum atomic E-state index is 0.545. The van der Waals surface area contributed by atoms with Gasteiger partial charge in [0, 0.05) is 16.9 Å². The predicted octanol–water partition coefficient (Wildman–Crippen LogP) is 3.57. The molecule has 2 heterocycles. The minimum absolute atomic E-state index is 0.545. The Hall–Kier alpha value is -2.27. The van der Waals surface area contributed by atoms with E-state index in [9.17, 15) is 4.79 Å². The van der Waals surface area contributed by atoms with Crippen molar-refractivity contribution in [3.8, 4) is 11.4 Å². The summed E-state index contributed by atoms with van der Waals surface area (Å²) >= 11 is 3.45. The van der Waals surface area contributed by atoms with Crippen molar-refractivity contribution in [1.29, 1.82) is 0 Å². The molecule has 0 bridgehead atoms. The summed E-state index contributed by atoms with van der Waals surface area (Å²) in [4.78, 5) is 15.5. The number of pyridine rings is 1. The number of carbonyl (C=O) groups is 1. The standard InChI is InChI=1S/C16H12BrN3O/c17-14-5-3-4-12(8-14)9-20-10-13(11-21)16(19-20)15-6-1-2-7-18-15/h1-8,10-11H,9H2. The van der Waals surface area contributed by atoms with Crippen LogP contribution in [-0.4, -0.2) is 21.1 Å². The third-order valence-corrected chi connectivity index (χ3v) is 3.55. The Bertz CT molecular complexity index is 768. The Labute approximate surface area is 130 Å². The molecule has 0 amide bonds. The van der Waals surface area contributed by atoms with E-state index in [1.54, 1.807) is 17.1 Å². The number of halogens is 1. The van der Waals surface area contributed by atoms with Gasteiger partial charge in [0.15, 0.2) is 6.29 Å². The van der Waals surface area contributed by atoms with Gasteiger partial charge in [-0.05, 0) is 29.8 Å². The second-order valence-electron chi connectivity index (χ2n) is 4.59. The Morgan fingerprint density at radius 3 is 2.81 bits per heavy atom. The van der Waals surface area contributed by atoms with E-state index in [1.807, 2.05) is 42.5 Å². The van der Waals surface area contributed by atoms with E-state index in [-0.39, 0.29) is 0 Å². The maximum atomic E-state index is 11.2. The summed E-state index contributed by atoms with van der Waals surface area (Å²) in [5.74, 6) is 0. The molecule has 2 aromatic heterocycles. The second-order valence-corrected chi connectivity index (χ2v) is 5.51. The molecule has 104 valence electrons. The van der Waals surface area contributed by atoms with Crippen LogP contribution in [-0.2, 0) is 6.54 Å². The lowest BCUT2D eigenvalue weighted by Crippen LogP contribution is -2.00. The van der Waals surface area contributed by atoms with Crippen LogP contribution in [0, 0.1) is 0 Å². The second kappa shape index (κ2) is 6.01. The Kier molecular flexibility index (Phi) is 3.92. The summed E-state index contributed by atoms with van der Waals surface area (Å²) in [5.41, 5.74) is 2.97. The highest BCUT2D eigenvalue weighted by molar-refractivity contribution is 9.10. The number of rotatable bonds is 4. The first-order chi connectivity index (χ1) is 10.3. The van der Waals surface area contributed by atoms with Gasteiger partial charge < -0.3 is 0 Å². The van der Waals surface area contributed by atoms with Crippen molar-refractivity contribution in [2.45, 2.75) is 6.54 Å². The van der Waals surface area contributed by atoms with Crippen LogP contribution in [0.4, 0.5) is 0 Å². The van der Waals surface area contributed by atoms with Gasteiger partial charge in [-0.1, -0.05) is 34.1 Å². The Morgan fingerprint density at radius 2 is 2.10 bits per heavy atom. The lowest BCUT2D eigenvalue weighted by Gasteiger charge is -2.02. The van der Waals surface area contributed by atoms with Gasteiger partial charge in [0.1, 0.15) is 5.69 Å². The molecule has 0 N–H and O–H groups in total. The minimum Gasteiger partial charge on any atom is -0.298 e. The van der Waals surface area contributed by atoms with Crippen LogP contribution in [0.25, 0.3) is 11.4 Å². The number of nitrogens with zero attached hydrogens (tertiary/aromatic N) is 3. The van der Waals surface area contributed by atoms with Gasteiger partial charge >= 0.3 is 0 Å². The number of hydrogen-bond acceptors (Lipinski definition) is 3. The topological polar surface area (TPSA) is 47.8 Å². The van der Waals surface area contributed by atoms with Crippen LogP contribution < -0.4 is 0 Å². The molecule has 5 heteroatoms. The molecule has 0 aliphatic heterocycles. The van der Waals surface area contributed by atoms with Crippen molar-refractivity contribution in [1.82, 2.24) is 14.8 Å². The molecule has 0 unspecified atom stereocenters. The van der Waals surface area contributed by atoms with Crippen molar-refractivity contribution in [3.63, 3.8) is 0 Å². The van der Waals surface area contributed by atoms with Gasteiger partial charge in [0.05, 0.1) is 17.8 Å². The molecular formula is C16H12BrN3O. The zero-order valence-electron chi connectivity index (χ0n) is 11.1. The maximum absolute atomic E-state index is 11.2. The van der Waals surface area contributed by atoms with Crippen LogP contribution in [0.1, 0.15) is 15.9 Å². The molecule has 0 aliphatic rings. The fourth-order valence-electron chi connectivity index (χ4n) is 2.13. The van der Waals surface area contributed by atoms with Crippen LogP contribution in [0.2, 0.25) is 0 Å². The van der Waals surface area contributed by atoms with Crippen molar-refractivity contribution >= 4 is 22.2 Å². The smallest absolute Gasteiger partial charge is 0.153 e. The summed E-state index contributed by atoms with van der Waals surface area (Å²) in [6.07, 6.45) is 4.25. The number of aromatic nitrogens is 3. The molecule has 4 nitrogen and oxygen atoms in total. The van der Waals surface area contributed by atoms with E-state index >= 15 is 0 Å². The molecule has 21 heavy (non-hydrogen) atoms. The van der Waals surface area contributed by atoms with Gasteiger partial charge in [-0.25, -0.2) is 0 Å². The fourth-order valence-corrected chi connectivity index (χ4v) is 2.57. The first-order valence-corrected chi connectivity index (χ1v) is 7.24. The molecular weight excluding hydrogens is 330 g/mol. The van der Waals surface area contributed by atoms with Crippen LogP contribution in [0.5, 0.6) is 0 Å². The monoisotopic (exact) mass is 341 g/mol. The summed E-state index contributed by atoms with van der Waals surface area (Å²) in [5, 5.41) is 4.48. The molecule has 3 rings (SSSR count). The van der Waals surface area contributed by atoms with E-state index in [0.717, 1.165) is 16.3 Å². The first-order valence-electron chi connectivity index (χ1n) is 6.45. The molecule has 3 aromatic rings. The molecule has 0 atom stereocenters. The van der Waals surface area contributed by atoms with Crippen molar-refractivity contribution in [3.05, 3.63) is 70.5 Å². The third kappa shape index (κ3) is 3.08. The van der Waals surface area contributed by atoms with Gasteiger partial charge in [-0.15, -0.1) is 0 Å². The largest absolute Gasteiger partial charge is 0.298 e. The molecule has 0 aliphatic carbocycles. The highest BCUT2D eigenvalue weighted by Crippen LogP contribution is 2.19. The Morgan fingerprint density at radius 1 is 1.19 bits per heavy atom. The third-order valence-electron chi connectivity index (χ3n) is 3.06. The van der Waals surface area contributed by atoms with E-state index in [4.69, 9.17) is 0 Å². The summed E-state index contributed by atoms with van der Waals surface area (Å²) in [6.45, 7) is 0.604. The number of aldehydes is 1. The van der Waals surface area contributed by atoms with E-state index in [0.29, 0.717) is 23.5 Å². The van der Waals surface area contributed by atoms with E-state index < -0.39 is 0 Å². The van der Waals surface area contributed by atoms with Crippen LogP contribution in [0.3, 0.4) is 0 Å². The zero-order valence-corrected chi connectivity index (χ0v) is 12.7. The fraction of sp³-hybridized carbons (Fsp3) is 0.0625. The SMILES string of the molecule is O=Cc1cn(Cc2cccc(Br)c2)nc1-c1ccccn1. The normalized spacial score (nSPS) is 10.5. The molecule has 0 fully saturated rings. The van der Waals surface area contributed by atoms with E-state index in [2.05, 4.69) is 26.0 Å². The van der Waals surface area contributed by atoms with Crippen molar-refractivity contribution < 1.29 is 4.79 Å². The lowest BCUT2D eigenvalue weighted by atomic mass is 10.2. The van der Waals surface area contributed by atoms with Gasteiger partial charge in [0.2, 0.25) is 0 Å². The molecule has 1 aromatic carbocycles. The van der Waals surface area contributed by atoms with Gasteiger partial charge in [-0.2, -0.15) is 5.10 Å². The molecule has 0 spiro atoms. The van der Waals surface area contributed by atoms with Gasteiger partial charge in [-0.3, -0.25) is 14.5 Å². The van der Waals surface area contributed by atoms with Gasteiger partial charge in [0.25, 0.3) is 0 Å². The summed E-state index contributed by atoms with van der Waals surface area (Å²) in [7, 11) is 0. The number of carbonyl (C=O) groups excluding carboxylic acids is 1. The first kappa shape index (κ1) is 13.7. The zero-order chi connectivity index (χ0) is 14.7. The molecule has 0 radical (unpaired) electrons. The highest BCUT2D eigenvalue weighted by Gasteiger charge is 2.11. The highest BCUT2D eigenvalue weighted by atomic mass is 79.9. The Balaban J connectivity index is 1.95. The number of hydrogen-bond donors (Lipinski definition) is 0. The quantitative estimate of drug-likeness (QED) is 0.681. The maximum Gasteiger partial charge on any atom is 0.153 e. The number of benzene rings is 1.